The van der Waals surface area contributed by atoms with Crippen molar-refractivity contribution in [2.75, 3.05) is 19.6 Å². The Kier molecular flexibility index (Phi) is 4.84. The third kappa shape index (κ3) is 3.70. The van der Waals surface area contributed by atoms with Crippen molar-refractivity contribution < 1.29 is 4.79 Å². The normalized spacial score (nSPS) is 31.1. The minimum Gasteiger partial charge on any atom is -0.356 e. The Labute approximate surface area is 105 Å². The predicted octanol–water partition coefficient (Wildman–Crippen LogP) is 1.93. The minimum atomic E-state index is 0.301. The van der Waals surface area contributed by atoms with Crippen LogP contribution in [0.1, 0.15) is 45.4 Å². The Morgan fingerprint density at radius 1 is 1.24 bits per heavy atom. The van der Waals surface area contributed by atoms with Crippen molar-refractivity contribution in [1.82, 2.24) is 10.6 Å². The Balaban J connectivity index is 1.71. The highest BCUT2D eigenvalue weighted by atomic mass is 16.1. The van der Waals surface area contributed by atoms with Crippen LogP contribution in [0.3, 0.4) is 0 Å². The zero-order valence-corrected chi connectivity index (χ0v) is 11.0. The first-order chi connectivity index (χ1) is 8.27. The summed E-state index contributed by atoms with van der Waals surface area (Å²) in [7, 11) is 0. The number of nitrogens with one attached hydrogen (secondary N) is 2. The molecule has 2 fully saturated rings. The van der Waals surface area contributed by atoms with E-state index in [1.807, 2.05) is 0 Å². The lowest BCUT2D eigenvalue weighted by molar-refractivity contribution is -0.126. The number of hydrogen-bond acceptors (Lipinski definition) is 2. The highest BCUT2D eigenvalue weighted by Gasteiger charge is 2.24. The highest BCUT2D eigenvalue weighted by Crippen LogP contribution is 2.24. The van der Waals surface area contributed by atoms with Crippen LogP contribution in [0.5, 0.6) is 0 Å². The van der Waals surface area contributed by atoms with Gasteiger partial charge in [-0.15, -0.1) is 0 Å². The Bertz CT molecular complexity index is 249. The van der Waals surface area contributed by atoms with E-state index >= 15 is 0 Å². The van der Waals surface area contributed by atoms with E-state index in [2.05, 4.69) is 17.6 Å². The molecular weight excluding hydrogens is 212 g/mol. The number of amides is 1. The van der Waals surface area contributed by atoms with Gasteiger partial charge in [0.2, 0.25) is 5.91 Å². The molecule has 1 saturated heterocycles. The molecule has 3 nitrogen and oxygen atoms in total. The molecule has 3 heteroatoms. The topological polar surface area (TPSA) is 41.1 Å². The standard InChI is InChI=1S/C14H26N2O/c1-11-7-8-15-9-13(11)10-16-14(17)12-5-3-2-4-6-12/h11-13,15H,2-10H2,1H3,(H,16,17). The van der Waals surface area contributed by atoms with Crippen LogP contribution in [-0.4, -0.2) is 25.5 Å². The lowest BCUT2D eigenvalue weighted by Crippen LogP contribution is -2.43. The van der Waals surface area contributed by atoms with Gasteiger partial charge in [0.05, 0.1) is 0 Å². The predicted molar refractivity (Wildman–Crippen MR) is 69.7 cm³/mol. The molecule has 2 unspecified atom stereocenters. The summed E-state index contributed by atoms with van der Waals surface area (Å²) in [5.74, 6) is 1.97. The van der Waals surface area contributed by atoms with Gasteiger partial charge in [0.1, 0.15) is 0 Å². The van der Waals surface area contributed by atoms with E-state index in [9.17, 15) is 4.79 Å². The molecule has 0 bridgehead atoms. The number of piperidine rings is 1. The third-order valence-electron chi connectivity index (χ3n) is 4.50. The van der Waals surface area contributed by atoms with E-state index < -0.39 is 0 Å². The molecule has 1 saturated carbocycles. The molecule has 0 aromatic heterocycles. The molecule has 1 aliphatic carbocycles. The SMILES string of the molecule is CC1CCNCC1CNC(=O)C1CCCCC1. The van der Waals surface area contributed by atoms with Gasteiger partial charge in [-0.2, -0.15) is 0 Å². The van der Waals surface area contributed by atoms with Crippen LogP contribution >= 0.6 is 0 Å². The van der Waals surface area contributed by atoms with Crippen LogP contribution in [0.25, 0.3) is 0 Å². The van der Waals surface area contributed by atoms with Gasteiger partial charge in [-0.25, -0.2) is 0 Å². The van der Waals surface area contributed by atoms with Gasteiger partial charge in [-0.3, -0.25) is 4.79 Å². The highest BCUT2D eigenvalue weighted by molar-refractivity contribution is 5.78. The summed E-state index contributed by atoms with van der Waals surface area (Å²) < 4.78 is 0. The molecule has 1 heterocycles. The number of hydrogen-bond donors (Lipinski definition) is 2. The molecule has 2 aliphatic rings. The van der Waals surface area contributed by atoms with Crippen LogP contribution in [0.2, 0.25) is 0 Å². The molecule has 17 heavy (non-hydrogen) atoms. The molecule has 1 aliphatic heterocycles. The molecule has 98 valence electrons. The molecule has 0 radical (unpaired) electrons. The van der Waals surface area contributed by atoms with Crippen molar-refractivity contribution in [3.8, 4) is 0 Å². The maximum Gasteiger partial charge on any atom is 0.223 e. The van der Waals surface area contributed by atoms with Crippen molar-refractivity contribution in [3.63, 3.8) is 0 Å². The second-order valence-electron chi connectivity index (χ2n) is 5.81. The molecular formula is C14H26N2O. The summed E-state index contributed by atoms with van der Waals surface area (Å²) in [5.41, 5.74) is 0. The maximum atomic E-state index is 12.0. The summed E-state index contributed by atoms with van der Waals surface area (Å²) in [4.78, 5) is 12.0. The summed E-state index contributed by atoms with van der Waals surface area (Å²) in [6, 6.07) is 0. The van der Waals surface area contributed by atoms with Crippen molar-refractivity contribution in [3.05, 3.63) is 0 Å². The Morgan fingerprint density at radius 2 is 2.00 bits per heavy atom. The van der Waals surface area contributed by atoms with E-state index in [1.54, 1.807) is 0 Å². The average Bonchev–Trinajstić information content (AvgIpc) is 2.38. The van der Waals surface area contributed by atoms with Crippen molar-refractivity contribution in [2.24, 2.45) is 17.8 Å². The first-order valence-corrected chi connectivity index (χ1v) is 7.26. The van der Waals surface area contributed by atoms with Crippen molar-refractivity contribution >= 4 is 5.91 Å². The van der Waals surface area contributed by atoms with E-state index in [-0.39, 0.29) is 0 Å². The van der Waals surface area contributed by atoms with Gasteiger partial charge in [-0.1, -0.05) is 26.2 Å². The quantitative estimate of drug-likeness (QED) is 0.789. The van der Waals surface area contributed by atoms with Crippen LogP contribution < -0.4 is 10.6 Å². The van der Waals surface area contributed by atoms with Crippen LogP contribution in [0.15, 0.2) is 0 Å². The third-order valence-corrected chi connectivity index (χ3v) is 4.50. The van der Waals surface area contributed by atoms with Gasteiger partial charge in [0.15, 0.2) is 0 Å². The van der Waals surface area contributed by atoms with Crippen LogP contribution in [0, 0.1) is 17.8 Å². The van der Waals surface area contributed by atoms with E-state index in [0.29, 0.717) is 17.7 Å². The fourth-order valence-electron chi connectivity index (χ4n) is 3.07. The average molecular weight is 238 g/mol. The molecule has 0 spiro atoms. The van der Waals surface area contributed by atoms with Crippen molar-refractivity contribution in [2.45, 2.75) is 45.4 Å². The summed E-state index contributed by atoms with van der Waals surface area (Å²) in [6.07, 6.45) is 7.23. The lowest BCUT2D eigenvalue weighted by Gasteiger charge is -2.30. The molecule has 0 aromatic carbocycles. The lowest BCUT2D eigenvalue weighted by atomic mass is 9.86. The van der Waals surface area contributed by atoms with E-state index in [4.69, 9.17) is 0 Å². The second kappa shape index (κ2) is 6.39. The number of rotatable bonds is 3. The molecule has 2 N–H and O–H groups in total. The first kappa shape index (κ1) is 12.9. The smallest absolute Gasteiger partial charge is 0.223 e. The Morgan fingerprint density at radius 3 is 2.71 bits per heavy atom. The summed E-state index contributed by atoms with van der Waals surface area (Å²) in [5, 5.41) is 6.59. The van der Waals surface area contributed by atoms with Gasteiger partial charge < -0.3 is 10.6 Å². The van der Waals surface area contributed by atoms with Gasteiger partial charge in [0, 0.05) is 12.5 Å². The van der Waals surface area contributed by atoms with Gasteiger partial charge >= 0.3 is 0 Å². The van der Waals surface area contributed by atoms with E-state index in [1.165, 1.54) is 25.7 Å². The largest absolute Gasteiger partial charge is 0.356 e. The molecule has 1 amide bonds. The first-order valence-electron chi connectivity index (χ1n) is 7.26. The van der Waals surface area contributed by atoms with E-state index in [0.717, 1.165) is 38.4 Å². The zero-order chi connectivity index (χ0) is 12.1. The molecule has 2 atom stereocenters. The van der Waals surface area contributed by atoms with Crippen LogP contribution in [0.4, 0.5) is 0 Å². The fraction of sp³-hybridized carbons (Fsp3) is 0.929. The number of carbonyl (C=O) groups excluding carboxylic acids is 1. The number of carbonyl (C=O) groups is 1. The van der Waals surface area contributed by atoms with Gasteiger partial charge in [0.25, 0.3) is 0 Å². The van der Waals surface area contributed by atoms with Crippen molar-refractivity contribution in [1.29, 1.82) is 0 Å². The summed E-state index contributed by atoms with van der Waals surface area (Å²) in [6.45, 7) is 5.36. The Hall–Kier alpha value is -0.570. The molecule has 0 aromatic rings. The zero-order valence-electron chi connectivity index (χ0n) is 11.0. The van der Waals surface area contributed by atoms with Crippen LogP contribution in [-0.2, 0) is 4.79 Å². The monoisotopic (exact) mass is 238 g/mol. The molecule has 2 rings (SSSR count). The minimum absolute atomic E-state index is 0.301. The second-order valence-corrected chi connectivity index (χ2v) is 5.81. The van der Waals surface area contributed by atoms with Gasteiger partial charge in [-0.05, 0) is 44.2 Å². The summed E-state index contributed by atoms with van der Waals surface area (Å²) >= 11 is 0. The fourth-order valence-corrected chi connectivity index (χ4v) is 3.07. The maximum absolute atomic E-state index is 12.0.